The molecule has 2 rings (SSSR count). The number of rotatable bonds is 5. The molecule has 0 aromatic heterocycles. The predicted octanol–water partition coefficient (Wildman–Crippen LogP) is 5.72. The van der Waals surface area contributed by atoms with E-state index in [9.17, 15) is 0 Å². The molecule has 0 heterocycles. The smallest absolute Gasteiger partial charge is 0.0361 e. The van der Waals surface area contributed by atoms with Crippen molar-refractivity contribution in [2.75, 3.05) is 6.54 Å². The molecule has 0 amide bonds. The molecular formula is C18H21Br2N. The van der Waals surface area contributed by atoms with Crippen LogP contribution in [0.25, 0.3) is 0 Å². The van der Waals surface area contributed by atoms with Crippen LogP contribution < -0.4 is 5.32 Å². The van der Waals surface area contributed by atoms with Crippen molar-refractivity contribution in [3.8, 4) is 0 Å². The van der Waals surface area contributed by atoms with Gasteiger partial charge in [-0.25, -0.2) is 0 Å². The molecule has 3 heteroatoms. The van der Waals surface area contributed by atoms with Crippen molar-refractivity contribution in [2.45, 2.75) is 33.2 Å². The minimum absolute atomic E-state index is 0.323. The monoisotopic (exact) mass is 409 g/mol. The molecule has 0 aliphatic heterocycles. The molecule has 0 fully saturated rings. The van der Waals surface area contributed by atoms with Crippen molar-refractivity contribution < 1.29 is 0 Å². The normalized spacial score (nSPS) is 12.4. The van der Waals surface area contributed by atoms with Crippen LogP contribution in [0.2, 0.25) is 0 Å². The highest BCUT2D eigenvalue weighted by Gasteiger charge is 2.15. The first-order valence-electron chi connectivity index (χ1n) is 7.25. The van der Waals surface area contributed by atoms with E-state index in [4.69, 9.17) is 0 Å². The molecule has 1 atom stereocenters. The molecule has 2 aromatic carbocycles. The lowest BCUT2D eigenvalue weighted by Crippen LogP contribution is -2.23. The van der Waals surface area contributed by atoms with Gasteiger partial charge in [-0.05, 0) is 67.3 Å². The summed E-state index contributed by atoms with van der Waals surface area (Å²) in [6.07, 6.45) is 1.01. The topological polar surface area (TPSA) is 12.0 Å². The summed E-state index contributed by atoms with van der Waals surface area (Å²) in [6, 6.07) is 13.3. The second kappa shape index (κ2) is 7.57. The number of nitrogens with one attached hydrogen (secondary N) is 1. The first kappa shape index (κ1) is 16.7. The zero-order chi connectivity index (χ0) is 15.4. The second-order valence-electron chi connectivity index (χ2n) is 5.39. The van der Waals surface area contributed by atoms with Gasteiger partial charge in [-0.15, -0.1) is 0 Å². The van der Waals surface area contributed by atoms with Crippen LogP contribution in [0, 0.1) is 13.8 Å². The first-order valence-corrected chi connectivity index (χ1v) is 8.84. The average Bonchev–Trinajstić information content (AvgIpc) is 2.40. The van der Waals surface area contributed by atoms with Gasteiger partial charge in [0, 0.05) is 15.0 Å². The first-order chi connectivity index (χ1) is 10.0. The van der Waals surface area contributed by atoms with Gasteiger partial charge in [0.25, 0.3) is 0 Å². The maximum Gasteiger partial charge on any atom is 0.0361 e. The molecule has 0 bridgehead atoms. The summed E-state index contributed by atoms with van der Waals surface area (Å²) in [6.45, 7) is 7.51. The minimum Gasteiger partial charge on any atom is -0.310 e. The van der Waals surface area contributed by atoms with E-state index in [1.54, 1.807) is 0 Å². The van der Waals surface area contributed by atoms with E-state index >= 15 is 0 Å². The summed E-state index contributed by atoms with van der Waals surface area (Å²) in [4.78, 5) is 0. The highest BCUT2D eigenvalue weighted by Crippen LogP contribution is 2.28. The third-order valence-electron chi connectivity index (χ3n) is 3.79. The lowest BCUT2D eigenvalue weighted by Gasteiger charge is -2.21. The molecule has 112 valence electrons. The number of halogens is 2. The lowest BCUT2D eigenvalue weighted by molar-refractivity contribution is 0.547. The molecule has 0 saturated heterocycles. The van der Waals surface area contributed by atoms with Gasteiger partial charge in [-0.3, -0.25) is 0 Å². The van der Waals surface area contributed by atoms with E-state index in [2.05, 4.69) is 94.3 Å². The van der Waals surface area contributed by atoms with E-state index in [1.807, 2.05) is 0 Å². The van der Waals surface area contributed by atoms with Gasteiger partial charge in [-0.2, -0.15) is 0 Å². The fraction of sp³-hybridized carbons (Fsp3) is 0.333. The zero-order valence-corrected chi connectivity index (χ0v) is 15.9. The Bertz CT molecular complexity index is 582. The van der Waals surface area contributed by atoms with Crippen LogP contribution in [0.4, 0.5) is 0 Å². The van der Waals surface area contributed by atoms with E-state index in [-0.39, 0.29) is 0 Å². The van der Waals surface area contributed by atoms with Crippen LogP contribution in [0.1, 0.15) is 35.2 Å². The zero-order valence-electron chi connectivity index (χ0n) is 12.7. The van der Waals surface area contributed by atoms with E-state index in [0.717, 1.165) is 21.9 Å². The van der Waals surface area contributed by atoms with Crippen molar-refractivity contribution in [2.24, 2.45) is 0 Å². The third kappa shape index (κ3) is 4.41. The molecule has 0 aliphatic rings. The van der Waals surface area contributed by atoms with Gasteiger partial charge < -0.3 is 5.32 Å². The molecule has 1 unspecified atom stereocenters. The summed E-state index contributed by atoms with van der Waals surface area (Å²) in [5.74, 6) is 0. The average molecular weight is 411 g/mol. The fourth-order valence-corrected chi connectivity index (χ4v) is 4.03. The van der Waals surface area contributed by atoms with Gasteiger partial charge in [-0.1, -0.05) is 57.0 Å². The maximum absolute atomic E-state index is 3.61. The summed E-state index contributed by atoms with van der Waals surface area (Å²) in [7, 11) is 0. The van der Waals surface area contributed by atoms with E-state index in [0.29, 0.717) is 6.04 Å². The second-order valence-corrected chi connectivity index (χ2v) is 7.22. The van der Waals surface area contributed by atoms with E-state index < -0.39 is 0 Å². The molecule has 0 saturated carbocycles. The Morgan fingerprint density at radius 3 is 2.10 bits per heavy atom. The van der Waals surface area contributed by atoms with Crippen LogP contribution in [0.5, 0.6) is 0 Å². The molecule has 0 spiro atoms. The molecule has 1 N–H and O–H groups in total. The van der Waals surface area contributed by atoms with Crippen LogP contribution in [0.3, 0.4) is 0 Å². The SMILES string of the molecule is CCNC(Cc1c(C)cccc1C)c1cc(Br)cc(Br)c1. The van der Waals surface area contributed by atoms with E-state index in [1.165, 1.54) is 22.3 Å². The molecule has 0 radical (unpaired) electrons. The maximum atomic E-state index is 3.61. The molecular weight excluding hydrogens is 390 g/mol. The Labute approximate surface area is 144 Å². The standard InChI is InChI=1S/C18H21Br2N/c1-4-21-18(14-8-15(19)10-16(20)9-14)11-17-12(2)6-5-7-13(17)3/h5-10,18,21H,4,11H2,1-3H3. The number of hydrogen-bond donors (Lipinski definition) is 1. The fourth-order valence-electron chi connectivity index (χ4n) is 2.71. The van der Waals surface area contributed by atoms with Crippen molar-refractivity contribution >= 4 is 31.9 Å². The quantitative estimate of drug-likeness (QED) is 0.664. The Hall–Kier alpha value is -0.640. The lowest BCUT2D eigenvalue weighted by atomic mass is 9.93. The number of aryl methyl sites for hydroxylation is 2. The van der Waals surface area contributed by atoms with Gasteiger partial charge in [0.2, 0.25) is 0 Å². The number of likely N-dealkylation sites (N-methyl/N-ethyl adjacent to an activating group) is 1. The van der Waals surface area contributed by atoms with Crippen LogP contribution in [-0.2, 0) is 6.42 Å². The summed E-state index contributed by atoms with van der Waals surface area (Å²) in [5.41, 5.74) is 5.49. The van der Waals surface area contributed by atoms with Crippen molar-refractivity contribution in [3.05, 3.63) is 67.6 Å². The molecule has 0 aliphatic carbocycles. The Morgan fingerprint density at radius 2 is 1.57 bits per heavy atom. The summed E-state index contributed by atoms with van der Waals surface area (Å²) in [5, 5.41) is 3.61. The van der Waals surface area contributed by atoms with Gasteiger partial charge in [0.05, 0.1) is 0 Å². The van der Waals surface area contributed by atoms with Crippen molar-refractivity contribution in [1.82, 2.24) is 5.32 Å². The Morgan fingerprint density at radius 1 is 1.00 bits per heavy atom. The van der Waals surface area contributed by atoms with Crippen LogP contribution in [-0.4, -0.2) is 6.54 Å². The minimum atomic E-state index is 0.323. The Balaban J connectivity index is 2.35. The summed E-state index contributed by atoms with van der Waals surface area (Å²) >= 11 is 7.18. The molecule has 21 heavy (non-hydrogen) atoms. The van der Waals surface area contributed by atoms with Crippen LogP contribution in [0.15, 0.2) is 45.3 Å². The summed E-state index contributed by atoms with van der Waals surface area (Å²) < 4.78 is 2.22. The molecule has 1 nitrogen and oxygen atoms in total. The number of hydrogen-bond acceptors (Lipinski definition) is 1. The van der Waals surface area contributed by atoms with Gasteiger partial charge >= 0.3 is 0 Å². The largest absolute Gasteiger partial charge is 0.310 e. The highest BCUT2D eigenvalue weighted by atomic mass is 79.9. The van der Waals surface area contributed by atoms with Crippen LogP contribution >= 0.6 is 31.9 Å². The molecule has 2 aromatic rings. The number of benzene rings is 2. The highest BCUT2D eigenvalue weighted by molar-refractivity contribution is 9.11. The van der Waals surface area contributed by atoms with Crippen molar-refractivity contribution in [1.29, 1.82) is 0 Å². The predicted molar refractivity (Wildman–Crippen MR) is 97.9 cm³/mol. The third-order valence-corrected chi connectivity index (χ3v) is 4.71. The Kier molecular flexibility index (Phi) is 6.03. The van der Waals surface area contributed by atoms with Gasteiger partial charge in [0.15, 0.2) is 0 Å². The van der Waals surface area contributed by atoms with Crippen molar-refractivity contribution in [3.63, 3.8) is 0 Å². The van der Waals surface area contributed by atoms with Gasteiger partial charge in [0.1, 0.15) is 0 Å².